The van der Waals surface area contributed by atoms with Gasteiger partial charge in [-0.3, -0.25) is 4.79 Å². The Labute approximate surface area is 126 Å². The van der Waals surface area contributed by atoms with Gasteiger partial charge < -0.3 is 24.2 Å². The zero-order chi connectivity index (χ0) is 14.6. The minimum absolute atomic E-state index is 0.0448. The Morgan fingerprint density at radius 2 is 2.00 bits per heavy atom. The highest BCUT2D eigenvalue weighted by Gasteiger charge is 2.65. The number of aliphatic hydroxyl groups is 1. The third-order valence-electron chi connectivity index (χ3n) is 5.95. The average molecular weight is 301 g/mol. The van der Waals surface area contributed by atoms with E-state index in [-0.39, 0.29) is 36.9 Å². The van der Waals surface area contributed by atoms with Crippen molar-refractivity contribution in [2.24, 2.45) is 5.92 Å². The molecule has 1 aromatic rings. The van der Waals surface area contributed by atoms with Crippen LogP contribution in [0.5, 0.6) is 11.5 Å². The smallest absolute Gasteiger partial charge is 0.254 e. The molecule has 6 rings (SSSR count). The number of epoxide rings is 1. The molecule has 4 heterocycles. The van der Waals surface area contributed by atoms with Crippen LogP contribution in [0, 0.1) is 5.92 Å². The predicted molar refractivity (Wildman–Crippen MR) is 72.9 cm³/mol. The fourth-order valence-corrected chi connectivity index (χ4v) is 5.00. The maximum atomic E-state index is 12.9. The molecule has 6 nitrogen and oxygen atoms in total. The van der Waals surface area contributed by atoms with Gasteiger partial charge in [0.25, 0.3) is 5.91 Å². The van der Waals surface area contributed by atoms with Gasteiger partial charge in [-0.2, -0.15) is 0 Å². The number of aliphatic hydroxyl groups excluding tert-OH is 1. The molecule has 1 saturated carbocycles. The van der Waals surface area contributed by atoms with Crippen molar-refractivity contribution >= 4 is 5.91 Å². The molecule has 6 atom stereocenters. The summed E-state index contributed by atoms with van der Waals surface area (Å²) in [5.41, 5.74) is 1.54. The summed E-state index contributed by atoms with van der Waals surface area (Å²) in [6, 6.07) is 3.72. The van der Waals surface area contributed by atoms with Crippen LogP contribution in [-0.4, -0.2) is 53.6 Å². The van der Waals surface area contributed by atoms with E-state index in [0.29, 0.717) is 23.0 Å². The Kier molecular flexibility index (Phi) is 1.91. The Bertz CT molecular complexity index is 719. The van der Waals surface area contributed by atoms with Crippen molar-refractivity contribution in [2.45, 2.75) is 36.7 Å². The quantitative estimate of drug-likeness (QED) is 0.706. The van der Waals surface area contributed by atoms with Gasteiger partial charge in [0.05, 0.1) is 12.2 Å². The second-order valence-corrected chi connectivity index (χ2v) is 6.82. The van der Waals surface area contributed by atoms with Gasteiger partial charge in [-0.15, -0.1) is 0 Å². The zero-order valence-electron chi connectivity index (χ0n) is 11.8. The molecule has 114 valence electrons. The Balaban J connectivity index is 1.58. The van der Waals surface area contributed by atoms with E-state index in [1.54, 1.807) is 6.07 Å². The molecule has 0 spiro atoms. The molecular formula is C16H15NO5. The topological polar surface area (TPSA) is 71.5 Å². The van der Waals surface area contributed by atoms with E-state index in [1.807, 2.05) is 11.0 Å². The standard InChI is InChI=1S/C16H15NO5/c18-13-11-7-3-9-10(21-5-20-9)4-8(7)16(19)17-2-1-6(12(11)17)14-15(13)22-14/h3-4,6,11-15,18H,1-2,5H2. The molecule has 22 heavy (non-hydrogen) atoms. The second kappa shape index (κ2) is 3.58. The predicted octanol–water partition coefficient (Wildman–Crippen LogP) is 0.485. The number of amides is 1. The lowest BCUT2D eigenvalue weighted by atomic mass is 9.69. The molecule has 3 fully saturated rings. The molecule has 4 aliphatic heterocycles. The lowest BCUT2D eigenvalue weighted by Crippen LogP contribution is -2.54. The molecule has 2 saturated heterocycles. The molecule has 0 aromatic heterocycles. The van der Waals surface area contributed by atoms with E-state index in [4.69, 9.17) is 14.2 Å². The molecule has 0 radical (unpaired) electrons. The van der Waals surface area contributed by atoms with Crippen molar-refractivity contribution in [1.29, 1.82) is 0 Å². The van der Waals surface area contributed by atoms with Gasteiger partial charge >= 0.3 is 0 Å². The number of carbonyl (C=O) groups excluding carboxylic acids is 1. The first-order chi connectivity index (χ1) is 10.7. The molecule has 6 unspecified atom stereocenters. The number of rotatable bonds is 0. The summed E-state index contributed by atoms with van der Waals surface area (Å²) in [6.45, 7) is 0.932. The molecule has 1 N–H and O–H groups in total. The summed E-state index contributed by atoms with van der Waals surface area (Å²) in [6.07, 6.45) is 0.461. The van der Waals surface area contributed by atoms with E-state index < -0.39 is 6.10 Å². The van der Waals surface area contributed by atoms with E-state index in [2.05, 4.69) is 0 Å². The van der Waals surface area contributed by atoms with Crippen LogP contribution in [0.25, 0.3) is 0 Å². The minimum Gasteiger partial charge on any atom is -0.454 e. The number of nitrogens with zero attached hydrogens (tertiary/aromatic N) is 1. The van der Waals surface area contributed by atoms with Gasteiger partial charge in [-0.25, -0.2) is 0 Å². The van der Waals surface area contributed by atoms with E-state index in [9.17, 15) is 9.90 Å². The third-order valence-corrected chi connectivity index (χ3v) is 5.95. The fraction of sp³-hybridized carbons (Fsp3) is 0.562. The zero-order valence-corrected chi connectivity index (χ0v) is 11.8. The minimum atomic E-state index is -0.556. The first-order valence-corrected chi connectivity index (χ1v) is 7.82. The number of carbonyl (C=O) groups is 1. The van der Waals surface area contributed by atoms with Crippen LogP contribution in [0.4, 0.5) is 0 Å². The molecule has 1 aliphatic carbocycles. The van der Waals surface area contributed by atoms with Crippen LogP contribution in [0.3, 0.4) is 0 Å². The summed E-state index contributed by atoms with van der Waals surface area (Å²) >= 11 is 0. The number of benzene rings is 1. The lowest BCUT2D eigenvalue weighted by Gasteiger charge is -2.44. The van der Waals surface area contributed by atoms with Gasteiger partial charge in [0, 0.05) is 30.0 Å². The second-order valence-electron chi connectivity index (χ2n) is 6.82. The van der Waals surface area contributed by atoms with Gasteiger partial charge in [-0.1, -0.05) is 0 Å². The SMILES string of the molecule is O=C1c2cc3c(cc2C2C(O)C4OC4C4CCN1C42)OCO3. The first-order valence-electron chi connectivity index (χ1n) is 7.82. The van der Waals surface area contributed by atoms with Gasteiger partial charge in [0.2, 0.25) is 6.79 Å². The maximum Gasteiger partial charge on any atom is 0.254 e. The largest absolute Gasteiger partial charge is 0.454 e. The average Bonchev–Trinajstić information content (AvgIpc) is 3.00. The summed E-state index contributed by atoms with van der Waals surface area (Å²) < 4.78 is 16.6. The lowest BCUT2D eigenvalue weighted by molar-refractivity contribution is 0.0351. The summed E-state index contributed by atoms with van der Waals surface area (Å²) in [5, 5.41) is 10.7. The summed E-state index contributed by atoms with van der Waals surface area (Å²) in [4.78, 5) is 14.8. The van der Waals surface area contributed by atoms with Crippen LogP contribution in [0.15, 0.2) is 12.1 Å². The van der Waals surface area contributed by atoms with Crippen LogP contribution < -0.4 is 9.47 Å². The van der Waals surface area contributed by atoms with Gasteiger partial charge in [0.1, 0.15) is 6.10 Å². The number of ether oxygens (including phenoxy) is 3. The number of hydrogen-bond acceptors (Lipinski definition) is 5. The van der Waals surface area contributed by atoms with Crippen LogP contribution in [0.2, 0.25) is 0 Å². The fourth-order valence-electron chi connectivity index (χ4n) is 5.00. The summed E-state index contributed by atoms with van der Waals surface area (Å²) in [5.74, 6) is 1.59. The Hall–Kier alpha value is -1.79. The third kappa shape index (κ3) is 1.19. The monoisotopic (exact) mass is 301 g/mol. The highest BCUT2D eigenvalue weighted by molar-refractivity contribution is 5.98. The molecule has 0 bridgehead atoms. The van der Waals surface area contributed by atoms with Crippen molar-refractivity contribution < 1.29 is 24.1 Å². The van der Waals surface area contributed by atoms with Crippen molar-refractivity contribution in [3.63, 3.8) is 0 Å². The van der Waals surface area contributed by atoms with E-state index in [0.717, 1.165) is 18.5 Å². The Morgan fingerprint density at radius 1 is 1.18 bits per heavy atom. The molecule has 5 aliphatic rings. The van der Waals surface area contributed by atoms with E-state index in [1.165, 1.54) is 0 Å². The van der Waals surface area contributed by atoms with E-state index >= 15 is 0 Å². The highest BCUT2D eigenvalue weighted by Crippen LogP contribution is 2.56. The van der Waals surface area contributed by atoms with Crippen LogP contribution in [0.1, 0.15) is 28.3 Å². The first kappa shape index (κ1) is 11.7. The molecular weight excluding hydrogens is 286 g/mol. The molecule has 1 aromatic carbocycles. The Morgan fingerprint density at radius 3 is 2.86 bits per heavy atom. The summed E-state index contributed by atoms with van der Waals surface area (Å²) in [7, 11) is 0. The maximum absolute atomic E-state index is 12.9. The van der Waals surface area contributed by atoms with Crippen LogP contribution in [-0.2, 0) is 4.74 Å². The number of hydrogen-bond donors (Lipinski definition) is 1. The number of fused-ring (bicyclic) bond motifs is 5. The van der Waals surface area contributed by atoms with Crippen LogP contribution >= 0.6 is 0 Å². The van der Waals surface area contributed by atoms with Crippen molar-refractivity contribution in [1.82, 2.24) is 4.90 Å². The molecule has 1 amide bonds. The molecule has 6 heteroatoms. The normalized spacial score (nSPS) is 42.8. The van der Waals surface area contributed by atoms with Crippen molar-refractivity contribution in [3.05, 3.63) is 23.3 Å². The van der Waals surface area contributed by atoms with Gasteiger partial charge in [-0.05, 0) is 24.1 Å². The van der Waals surface area contributed by atoms with Crippen molar-refractivity contribution in [3.8, 4) is 11.5 Å². The van der Waals surface area contributed by atoms with Gasteiger partial charge in [0.15, 0.2) is 11.5 Å². The van der Waals surface area contributed by atoms with Crippen molar-refractivity contribution in [2.75, 3.05) is 13.3 Å². The highest BCUT2D eigenvalue weighted by atomic mass is 16.7.